The minimum atomic E-state index is -4.92. The summed E-state index contributed by atoms with van der Waals surface area (Å²) >= 11 is 0. The van der Waals surface area contributed by atoms with Crippen molar-refractivity contribution in [3.63, 3.8) is 0 Å². The minimum Gasteiger partial charge on any atom is -0.318 e. The van der Waals surface area contributed by atoms with Crippen LogP contribution in [-0.2, 0) is 4.79 Å². The summed E-state index contributed by atoms with van der Waals surface area (Å²) in [6.45, 7) is 2.22. The predicted molar refractivity (Wildman–Crippen MR) is 110 cm³/mol. The van der Waals surface area contributed by atoms with Crippen LogP contribution < -0.4 is 5.32 Å². The van der Waals surface area contributed by atoms with Crippen molar-refractivity contribution in [2.24, 2.45) is 5.92 Å². The molecule has 1 aliphatic heterocycles. The number of amides is 1. The molecule has 0 unspecified atom stereocenters. The lowest BCUT2D eigenvalue weighted by Crippen LogP contribution is -2.36. The number of hydrogen-bond acceptors (Lipinski definition) is 3. The van der Waals surface area contributed by atoms with Crippen molar-refractivity contribution in [3.8, 4) is 0 Å². The molecule has 4 nitrogen and oxygen atoms in total. The van der Waals surface area contributed by atoms with Gasteiger partial charge in [0, 0.05) is 23.7 Å². The Morgan fingerprint density at radius 3 is 2.19 bits per heavy atom. The van der Waals surface area contributed by atoms with Crippen molar-refractivity contribution in [1.29, 1.82) is 0 Å². The van der Waals surface area contributed by atoms with Gasteiger partial charge in [0.25, 0.3) is 0 Å². The predicted octanol–water partition coefficient (Wildman–Crippen LogP) is 4.93. The number of nitrogens with one attached hydrogen (secondary N) is 1. The Hall–Kier alpha value is -3.00. The fraction of sp³-hybridized carbons (Fsp3) is 0.304. The summed E-state index contributed by atoms with van der Waals surface area (Å²) in [5.41, 5.74) is 1.41. The maximum absolute atomic E-state index is 13.0. The van der Waals surface area contributed by atoms with E-state index < -0.39 is 12.1 Å². The van der Waals surface area contributed by atoms with Crippen LogP contribution in [0.4, 0.5) is 23.2 Å². The number of alkyl halides is 3. The Bertz CT molecular complexity index is 930. The molecule has 2 aromatic carbocycles. The average molecular weight is 434 g/mol. The van der Waals surface area contributed by atoms with Gasteiger partial charge in [-0.2, -0.15) is 13.2 Å². The highest BCUT2D eigenvalue weighted by Gasteiger charge is 2.38. The van der Waals surface area contributed by atoms with E-state index in [1.54, 1.807) is 17.4 Å². The Morgan fingerprint density at radius 1 is 1.00 bits per heavy atom. The van der Waals surface area contributed by atoms with Gasteiger partial charge in [0.15, 0.2) is 5.78 Å². The van der Waals surface area contributed by atoms with Crippen LogP contribution >= 0.6 is 0 Å². The second kappa shape index (κ2) is 9.87. The van der Waals surface area contributed by atoms with Crippen LogP contribution in [0.2, 0.25) is 0 Å². The number of carbonyl (C=O) groups is 2. The average Bonchev–Trinajstić information content (AvgIpc) is 2.75. The minimum absolute atomic E-state index is 0.0490. The number of hydrogen-bond donors (Lipinski definition) is 1. The second-order valence-electron chi connectivity index (χ2n) is 7.42. The van der Waals surface area contributed by atoms with E-state index in [2.05, 4.69) is 4.90 Å². The van der Waals surface area contributed by atoms with Gasteiger partial charge < -0.3 is 5.32 Å². The third kappa shape index (κ3) is 6.49. The van der Waals surface area contributed by atoms with Gasteiger partial charge in [-0.15, -0.1) is 0 Å². The third-order valence-corrected chi connectivity index (χ3v) is 5.19. The summed E-state index contributed by atoms with van der Waals surface area (Å²) in [6, 6.07) is 11.7. The van der Waals surface area contributed by atoms with Gasteiger partial charge in [0.1, 0.15) is 5.82 Å². The fourth-order valence-electron chi connectivity index (χ4n) is 3.44. The van der Waals surface area contributed by atoms with Gasteiger partial charge in [0.2, 0.25) is 0 Å². The first-order valence-electron chi connectivity index (χ1n) is 9.89. The van der Waals surface area contributed by atoms with E-state index in [0.29, 0.717) is 12.1 Å². The van der Waals surface area contributed by atoms with Crippen molar-refractivity contribution < 1.29 is 27.2 Å². The molecule has 1 N–H and O–H groups in total. The second-order valence-corrected chi connectivity index (χ2v) is 7.42. The normalized spacial score (nSPS) is 15.9. The van der Waals surface area contributed by atoms with E-state index in [0.717, 1.165) is 31.5 Å². The van der Waals surface area contributed by atoms with Gasteiger partial charge in [-0.1, -0.05) is 24.3 Å². The van der Waals surface area contributed by atoms with Crippen LogP contribution in [0.25, 0.3) is 6.08 Å². The van der Waals surface area contributed by atoms with Gasteiger partial charge in [0.05, 0.1) is 0 Å². The highest BCUT2D eigenvalue weighted by atomic mass is 19.4. The number of ketones is 1. The van der Waals surface area contributed by atoms with Crippen LogP contribution in [0.5, 0.6) is 0 Å². The SMILES string of the molecule is O=C(c1ccc(F)cc1)C1CCN(CC=Cc2ccc(NC(=O)C(F)(F)F)cc2)CC1. The molecule has 0 atom stereocenters. The molecule has 0 radical (unpaired) electrons. The van der Waals surface area contributed by atoms with E-state index >= 15 is 0 Å². The number of rotatable bonds is 6. The van der Waals surface area contributed by atoms with Gasteiger partial charge in [-0.25, -0.2) is 4.39 Å². The maximum Gasteiger partial charge on any atom is 0.471 e. The first-order chi connectivity index (χ1) is 14.7. The van der Waals surface area contributed by atoms with Gasteiger partial charge in [-0.3, -0.25) is 14.5 Å². The topological polar surface area (TPSA) is 49.4 Å². The van der Waals surface area contributed by atoms with Crippen molar-refractivity contribution in [2.45, 2.75) is 19.0 Å². The van der Waals surface area contributed by atoms with Crippen LogP contribution in [0, 0.1) is 11.7 Å². The highest BCUT2D eigenvalue weighted by molar-refractivity contribution is 5.98. The zero-order valence-electron chi connectivity index (χ0n) is 16.7. The summed E-state index contributed by atoms with van der Waals surface area (Å²) in [7, 11) is 0. The van der Waals surface area contributed by atoms with E-state index in [9.17, 15) is 27.2 Å². The molecule has 1 aliphatic rings. The molecule has 31 heavy (non-hydrogen) atoms. The molecule has 0 saturated carbocycles. The van der Waals surface area contributed by atoms with Gasteiger partial charge >= 0.3 is 12.1 Å². The summed E-state index contributed by atoms with van der Waals surface area (Å²) < 4.78 is 49.8. The van der Waals surface area contributed by atoms with E-state index in [-0.39, 0.29) is 23.2 Å². The number of anilines is 1. The zero-order valence-corrected chi connectivity index (χ0v) is 16.7. The molecule has 0 spiro atoms. The first kappa shape index (κ1) is 22.7. The molecule has 1 fully saturated rings. The number of benzene rings is 2. The quantitative estimate of drug-likeness (QED) is 0.518. The molecule has 1 heterocycles. The van der Waals surface area contributed by atoms with Crippen molar-refractivity contribution in [2.75, 3.05) is 25.0 Å². The lowest BCUT2D eigenvalue weighted by Gasteiger charge is -2.30. The molecule has 2 aromatic rings. The standard InChI is InChI=1S/C23H22F4N2O2/c24-19-7-5-17(6-8-19)21(30)18-11-14-29(15-12-18)13-1-2-16-3-9-20(10-4-16)28-22(31)23(25,26)27/h1-10,18H,11-15H2,(H,28,31). The lowest BCUT2D eigenvalue weighted by atomic mass is 9.89. The van der Waals surface area contributed by atoms with Crippen molar-refractivity contribution in [3.05, 3.63) is 71.6 Å². The van der Waals surface area contributed by atoms with Gasteiger partial charge in [-0.05, 0) is 67.9 Å². The van der Waals surface area contributed by atoms with E-state index in [4.69, 9.17) is 0 Å². The summed E-state index contributed by atoms with van der Waals surface area (Å²) in [5, 5.41) is 1.80. The van der Waals surface area contributed by atoms with Crippen molar-refractivity contribution >= 4 is 23.5 Å². The monoisotopic (exact) mass is 434 g/mol. The maximum atomic E-state index is 13.0. The molecule has 3 rings (SSSR count). The lowest BCUT2D eigenvalue weighted by molar-refractivity contribution is -0.167. The molecule has 164 valence electrons. The van der Waals surface area contributed by atoms with Crippen molar-refractivity contribution in [1.82, 2.24) is 4.90 Å². The van der Waals surface area contributed by atoms with Crippen LogP contribution in [-0.4, -0.2) is 42.4 Å². The highest BCUT2D eigenvalue weighted by Crippen LogP contribution is 2.22. The summed E-state index contributed by atoms with van der Waals surface area (Å²) in [6.07, 6.45) is 0.349. The van der Waals surface area contributed by atoms with Crippen LogP contribution in [0.3, 0.4) is 0 Å². The molecule has 1 amide bonds. The Labute approximate surface area is 177 Å². The molecule has 0 aliphatic carbocycles. The number of piperidine rings is 1. The number of halogens is 4. The van der Waals surface area contributed by atoms with Crippen LogP contribution in [0.15, 0.2) is 54.6 Å². The molecular formula is C23H22F4N2O2. The molecule has 1 saturated heterocycles. The molecule has 8 heteroatoms. The van der Waals surface area contributed by atoms with E-state index in [1.807, 2.05) is 12.2 Å². The van der Waals surface area contributed by atoms with Crippen LogP contribution in [0.1, 0.15) is 28.8 Å². The summed E-state index contributed by atoms with van der Waals surface area (Å²) in [4.78, 5) is 25.7. The fourth-order valence-corrected chi connectivity index (χ4v) is 3.44. The van der Waals surface area contributed by atoms with E-state index in [1.165, 1.54) is 36.4 Å². The number of carbonyl (C=O) groups excluding carboxylic acids is 2. The molecular weight excluding hydrogens is 412 g/mol. The Balaban J connectivity index is 1.44. The molecule has 0 aromatic heterocycles. The number of nitrogens with zero attached hydrogens (tertiary/aromatic N) is 1. The summed E-state index contributed by atoms with van der Waals surface area (Å²) in [5.74, 6) is -2.38. The largest absolute Gasteiger partial charge is 0.471 e. The zero-order chi connectivity index (χ0) is 22.4. The molecule has 0 bridgehead atoms. The third-order valence-electron chi connectivity index (χ3n) is 5.19. The smallest absolute Gasteiger partial charge is 0.318 e. The Kier molecular flexibility index (Phi) is 7.22. The number of Topliss-reactive ketones (excluding diaryl/α,β-unsaturated/α-hetero) is 1. The first-order valence-corrected chi connectivity index (χ1v) is 9.89. The Morgan fingerprint density at radius 2 is 1.61 bits per heavy atom. The number of likely N-dealkylation sites (tertiary alicyclic amines) is 1.